The quantitative estimate of drug-likeness (QED) is 0.845. The molecule has 0 aliphatic heterocycles. The van der Waals surface area contributed by atoms with Crippen molar-refractivity contribution in [2.24, 2.45) is 0 Å². The molecule has 0 aromatic heterocycles. The van der Waals surface area contributed by atoms with E-state index in [1.807, 2.05) is 30.3 Å². The molecule has 1 aliphatic rings. The molecule has 0 saturated heterocycles. The van der Waals surface area contributed by atoms with E-state index in [2.05, 4.69) is 0 Å². The van der Waals surface area contributed by atoms with Crippen LogP contribution in [0.2, 0.25) is 0 Å². The van der Waals surface area contributed by atoms with Gasteiger partial charge in [0.25, 0.3) is 0 Å². The van der Waals surface area contributed by atoms with E-state index in [1.54, 1.807) is 12.1 Å². The van der Waals surface area contributed by atoms with Gasteiger partial charge in [-0.05, 0) is 11.6 Å². The lowest BCUT2D eigenvalue weighted by Crippen LogP contribution is -2.33. The van der Waals surface area contributed by atoms with E-state index >= 15 is 0 Å². The molecule has 1 atom stereocenters. The predicted molar refractivity (Wildman–Crippen MR) is 87.8 cm³/mol. The van der Waals surface area contributed by atoms with Gasteiger partial charge >= 0.3 is 0 Å². The highest BCUT2D eigenvalue weighted by Gasteiger charge is 2.35. The fraction of sp³-hybridized carbons (Fsp3) is 0.263. The zero-order valence-electron chi connectivity index (χ0n) is 13.6. The second-order valence-corrected chi connectivity index (χ2v) is 5.54. The average molecular weight is 326 g/mol. The number of methoxy groups -OCH3 is 2. The normalized spacial score (nSPS) is 16.7. The van der Waals surface area contributed by atoms with E-state index in [4.69, 9.17) is 14.2 Å². The van der Waals surface area contributed by atoms with E-state index in [0.29, 0.717) is 29.2 Å². The molecular formula is C19H18O5. The molecule has 2 aromatic rings. The minimum Gasteiger partial charge on any atom is -0.497 e. The average Bonchev–Trinajstić information content (AvgIpc) is 2.63. The Labute approximate surface area is 140 Å². The number of carbonyl (C=O) groups excluding carboxylic acids is 2. The molecule has 2 aromatic carbocycles. The molecule has 5 nitrogen and oxygen atoms in total. The number of rotatable bonds is 5. The summed E-state index contributed by atoms with van der Waals surface area (Å²) in [5.41, 5.74) is 1.57. The van der Waals surface area contributed by atoms with Gasteiger partial charge < -0.3 is 14.2 Å². The van der Waals surface area contributed by atoms with Crippen LogP contribution in [0.15, 0.2) is 42.5 Å². The highest BCUT2D eigenvalue weighted by atomic mass is 16.5. The largest absolute Gasteiger partial charge is 0.497 e. The van der Waals surface area contributed by atoms with Crippen LogP contribution in [-0.2, 0) is 11.3 Å². The number of benzene rings is 2. The van der Waals surface area contributed by atoms with E-state index < -0.39 is 6.10 Å². The molecule has 0 N–H and O–H groups in total. The Bertz CT molecular complexity index is 767. The third-order valence-corrected chi connectivity index (χ3v) is 4.04. The summed E-state index contributed by atoms with van der Waals surface area (Å²) < 4.78 is 16.2. The highest BCUT2D eigenvalue weighted by molar-refractivity contribution is 6.17. The van der Waals surface area contributed by atoms with Crippen LogP contribution >= 0.6 is 0 Å². The number of hydrogen-bond donors (Lipinski definition) is 0. The van der Waals surface area contributed by atoms with Crippen LogP contribution in [0.4, 0.5) is 0 Å². The van der Waals surface area contributed by atoms with E-state index in [-0.39, 0.29) is 18.0 Å². The van der Waals surface area contributed by atoms with Gasteiger partial charge in [-0.2, -0.15) is 0 Å². The Morgan fingerprint density at radius 3 is 2.50 bits per heavy atom. The summed E-state index contributed by atoms with van der Waals surface area (Å²) >= 11 is 0. The van der Waals surface area contributed by atoms with Crippen molar-refractivity contribution in [2.45, 2.75) is 19.1 Å². The zero-order chi connectivity index (χ0) is 17.1. The van der Waals surface area contributed by atoms with E-state index in [0.717, 1.165) is 5.56 Å². The van der Waals surface area contributed by atoms with Gasteiger partial charge in [0.15, 0.2) is 11.6 Å². The lowest BCUT2D eigenvalue weighted by Gasteiger charge is -2.24. The minimum atomic E-state index is -0.751. The molecule has 0 saturated carbocycles. The van der Waals surface area contributed by atoms with Gasteiger partial charge in [-0.25, -0.2) is 0 Å². The second-order valence-electron chi connectivity index (χ2n) is 5.54. The van der Waals surface area contributed by atoms with Crippen LogP contribution < -0.4 is 9.47 Å². The van der Waals surface area contributed by atoms with Crippen LogP contribution in [0.1, 0.15) is 32.7 Å². The Morgan fingerprint density at radius 2 is 1.83 bits per heavy atom. The summed E-state index contributed by atoms with van der Waals surface area (Å²) in [7, 11) is 2.93. The molecule has 0 bridgehead atoms. The number of fused-ring (bicyclic) bond motifs is 1. The summed E-state index contributed by atoms with van der Waals surface area (Å²) in [5.74, 6) is 0.438. The summed E-state index contributed by atoms with van der Waals surface area (Å²) in [6.07, 6.45) is -0.727. The van der Waals surface area contributed by atoms with Gasteiger partial charge in [-0.3, -0.25) is 9.59 Å². The third-order valence-electron chi connectivity index (χ3n) is 4.04. The fourth-order valence-electron chi connectivity index (χ4n) is 2.77. The number of carbonyl (C=O) groups is 2. The smallest absolute Gasteiger partial charge is 0.193 e. The summed E-state index contributed by atoms with van der Waals surface area (Å²) in [6.45, 7) is 0.301. The fourth-order valence-corrected chi connectivity index (χ4v) is 2.77. The number of ketones is 2. The molecule has 0 radical (unpaired) electrons. The molecule has 124 valence electrons. The van der Waals surface area contributed by atoms with Gasteiger partial charge in [-0.15, -0.1) is 0 Å². The van der Waals surface area contributed by atoms with Gasteiger partial charge in [-0.1, -0.05) is 30.3 Å². The maximum absolute atomic E-state index is 12.5. The van der Waals surface area contributed by atoms with Crippen molar-refractivity contribution < 1.29 is 23.8 Å². The van der Waals surface area contributed by atoms with Crippen LogP contribution in [0, 0.1) is 0 Å². The predicted octanol–water partition coefficient (Wildman–Crippen LogP) is 3.06. The molecular weight excluding hydrogens is 308 g/mol. The van der Waals surface area contributed by atoms with Crippen molar-refractivity contribution in [2.75, 3.05) is 14.2 Å². The Hall–Kier alpha value is -2.66. The Kier molecular flexibility index (Phi) is 4.62. The van der Waals surface area contributed by atoms with Crippen LogP contribution in [0.3, 0.4) is 0 Å². The first-order chi connectivity index (χ1) is 11.6. The number of hydrogen-bond acceptors (Lipinski definition) is 5. The third kappa shape index (κ3) is 3.03. The molecule has 5 heteroatoms. The second kappa shape index (κ2) is 6.84. The van der Waals surface area contributed by atoms with Crippen molar-refractivity contribution in [1.29, 1.82) is 0 Å². The summed E-state index contributed by atoms with van der Waals surface area (Å²) in [4.78, 5) is 25.0. The Balaban J connectivity index is 1.98. The number of ether oxygens (including phenoxy) is 3. The monoisotopic (exact) mass is 326 g/mol. The van der Waals surface area contributed by atoms with Crippen molar-refractivity contribution in [3.63, 3.8) is 0 Å². The molecule has 3 rings (SSSR count). The molecule has 1 aliphatic carbocycles. The number of Topliss-reactive ketones (excluding diaryl/α,β-unsaturated/α-hetero) is 2. The van der Waals surface area contributed by atoms with Gasteiger partial charge in [0.1, 0.15) is 24.2 Å². The van der Waals surface area contributed by atoms with Gasteiger partial charge in [0.2, 0.25) is 0 Å². The lowest BCUT2D eigenvalue weighted by atomic mass is 9.86. The lowest BCUT2D eigenvalue weighted by molar-refractivity contribution is 0.0516. The highest BCUT2D eigenvalue weighted by Crippen LogP contribution is 2.35. The summed E-state index contributed by atoms with van der Waals surface area (Å²) in [6, 6.07) is 12.8. The topological polar surface area (TPSA) is 61.8 Å². The molecule has 0 heterocycles. The van der Waals surface area contributed by atoms with Gasteiger partial charge in [0, 0.05) is 25.2 Å². The van der Waals surface area contributed by atoms with E-state index in [1.165, 1.54) is 14.2 Å². The Morgan fingerprint density at radius 1 is 1.08 bits per heavy atom. The molecule has 24 heavy (non-hydrogen) atoms. The van der Waals surface area contributed by atoms with Crippen LogP contribution in [0.5, 0.6) is 11.5 Å². The van der Waals surface area contributed by atoms with Crippen molar-refractivity contribution in [1.82, 2.24) is 0 Å². The molecule has 0 spiro atoms. The van der Waals surface area contributed by atoms with Crippen LogP contribution in [-0.4, -0.2) is 31.9 Å². The first-order valence-electron chi connectivity index (χ1n) is 7.63. The maximum atomic E-state index is 12.5. The zero-order valence-corrected chi connectivity index (χ0v) is 13.6. The molecule has 0 amide bonds. The van der Waals surface area contributed by atoms with Crippen molar-refractivity contribution in [3.05, 3.63) is 59.2 Å². The first kappa shape index (κ1) is 16.2. The van der Waals surface area contributed by atoms with Gasteiger partial charge in [0.05, 0.1) is 12.7 Å². The SMILES string of the molecule is COc1cc(OCc2ccccc2)c2c(c1)C(=O)C(OC)CC2=O. The van der Waals surface area contributed by atoms with Crippen molar-refractivity contribution in [3.8, 4) is 11.5 Å². The van der Waals surface area contributed by atoms with Crippen LogP contribution in [0.25, 0.3) is 0 Å². The first-order valence-corrected chi connectivity index (χ1v) is 7.63. The summed E-state index contributed by atoms with van der Waals surface area (Å²) in [5, 5.41) is 0. The minimum absolute atomic E-state index is 0.0242. The van der Waals surface area contributed by atoms with E-state index in [9.17, 15) is 9.59 Å². The maximum Gasteiger partial charge on any atom is 0.193 e. The van der Waals surface area contributed by atoms with Crippen molar-refractivity contribution >= 4 is 11.6 Å². The molecule has 0 fully saturated rings. The molecule has 1 unspecified atom stereocenters. The standard InChI is InChI=1S/C19H18O5/c1-22-13-8-14-18(15(20)10-17(23-2)19(14)21)16(9-13)24-11-12-6-4-3-5-7-12/h3-9,17H,10-11H2,1-2H3.